The number of nitrogens with zero attached hydrogens (tertiary/aromatic N) is 4. The summed E-state index contributed by atoms with van der Waals surface area (Å²) in [5.41, 5.74) is 1.26. The zero-order valence-electron chi connectivity index (χ0n) is 15.8. The molecule has 7 nitrogen and oxygen atoms in total. The number of fused-ring (bicyclic) bond motifs is 1. The van der Waals surface area contributed by atoms with E-state index in [1.807, 2.05) is 30.3 Å². The zero-order chi connectivity index (χ0) is 19.5. The van der Waals surface area contributed by atoms with Gasteiger partial charge in [-0.05, 0) is 24.3 Å². The van der Waals surface area contributed by atoms with E-state index in [1.165, 1.54) is 28.7 Å². The molecule has 1 saturated heterocycles. The molecule has 0 spiro atoms. The van der Waals surface area contributed by atoms with Gasteiger partial charge in [-0.15, -0.1) is 0 Å². The largest absolute Gasteiger partial charge is 0.350 e. The van der Waals surface area contributed by atoms with E-state index in [1.54, 1.807) is 0 Å². The Bertz CT molecular complexity index is 1030. The number of hydrogen-bond donors (Lipinski definition) is 1. The number of anilines is 1. The van der Waals surface area contributed by atoms with E-state index in [9.17, 15) is 9.59 Å². The summed E-state index contributed by atoms with van der Waals surface area (Å²) in [5.74, 6) is 0.403. The number of carbonyl (C=O) groups is 1. The van der Waals surface area contributed by atoms with Gasteiger partial charge in [0.25, 0.3) is 5.56 Å². The van der Waals surface area contributed by atoms with Crippen molar-refractivity contribution in [3.8, 4) is 0 Å². The number of amides is 1. The fourth-order valence-corrected chi connectivity index (χ4v) is 4.46. The van der Waals surface area contributed by atoms with Gasteiger partial charge in [-0.2, -0.15) is 4.98 Å². The zero-order valence-corrected chi connectivity index (χ0v) is 16.6. The summed E-state index contributed by atoms with van der Waals surface area (Å²) >= 11 is 1.37. The van der Waals surface area contributed by atoms with Crippen molar-refractivity contribution in [2.24, 2.45) is 5.92 Å². The van der Waals surface area contributed by atoms with Crippen LogP contribution in [0, 0.1) is 5.92 Å². The van der Waals surface area contributed by atoms with Crippen LogP contribution in [0.25, 0.3) is 10.3 Å². The second-order valence-electron chi connectivity index (χ2n) is 7.28. The van der Waals surface area contributed by atoms with Crippen molar-refractivity contribution in [3.63, 3.8) is 0 Å². The molecule has 2 aromatic heterocycles. The predicted octanol–water partition coefficient (Wildman–Crippen LogP) is 2.41. The van der Waals surface area contributed by atoms with E-state index >= 15 is 0 Å². The Hall–Kier alpha value is -2.74. The van der Waals surface area contributed by atoms with Gasteiger partial charge in [0, 0.05) is 19.6 Å². The molecule has 0 radical (unpaired) electrons. The van der Waals surface area contributed by atoms with E-state index in [0.29, 0.717) is 22.8 Å². The van der Waals surface area contributed by atoms with Gasteiger partial charge >= 0.3 is 0 Å². The Morgan fingerprint density at radius 3 is 2.93 bits per heavy atom. The van der Waals surface area contributed by atoms with Crippen LogP contribution in [-0.4, -0.2) is 33.5 Å². The molecule has 1 N–H and O–H groups in total. The van der Waals surface area contributed by atoms with Gasteiger partial charge < -0.3 is 10.2 Å². The third-order valence-corrected chi connectivity index (χ3v) is 6.04. The summed E-state index contributed by atoms with van der Waals surface area (Å²) in [4.78, 5) is 36.1. The summed E-state index contributed by atoms with van der Waals surface area (Å²) in [6.07, 6.45) is 3.77. The monoisotopic (exact) mass is 397 g/mol. The molecule has 1 aliphatic heterocycles. The summed E-state index contributed by atoms with van der Waals surface area (Å²) in [5, 5.41) is 3.68. The first-order valence-corrected chi connectivity index (χ1v) is 10.3. The number of nitrogens with one attached hydrogen (secondary N) is 1. The lowest BCUT2D eigenvalue weighted by Gasteiger charge is -2.30. The molecule has 1 aliphatic rings. The van der Waals surface area contributed by atoms with Gasteiger partial charge in [-0.1, -0.05) is 48.6 Å². The van der Waals surface area contributed by atoms with Gasteiger partial charge in [0.05, 0.1) is 0 Å². The fraction of sp³-hybridized carbons (Fsp3) is 0.400. The first-order valence-electron chi connectivity index (χ1n) is 9.51. The molecule has 0 unspecified atom stereocenters. The van der Waals surface area contributed by atoms with Crippen LogP contribution in [0.4, 0.5) is 5.13 Å². The Labute approximate surface area is 167 Å². The third kappa shape index (κ3) is 4.06. The highest BCUT2D eigenvalue weighted by atomic mass is 32.1. The van der Waals surface area contributed by atoms with Crippen molar-refractivity contribution < 1.29 is 4.79 Å². The maximum atomic E-state index is 12.8. The summed E-state index contributed by atoms with van der Waals surface area (Å²) in [6.45, 7) is 4.53. The number of benzene rings is 1. The van der Waals surface area contributed by atoms with Crippen LogP contribution in [0.1, 0.15) is 25.3 Å². The molecule has 0 saturated carbocycles. The second-order valence-corrected chi connectivity index (χ2v) is 8.26. The summed E-state index contributed by atoms with van der Waals surface area (Å²) < 4.78 is 1.86. The van der Waals surface area contributed by atoms with Crippen molar-refractivity contribution in [2.75, 3.05) is 18.0 Å². The average Bonchev–Trinajstić information content (AvgIpc) is 3.15. The number of carbonyl (C=O) groups excluding carboxylic acids is 1. The minimum absolute atomic E-state index is 0.0530. The Kier molecular flexibility index (Phi) is 5.38. The normalized spacial score (nSPS) is 17.0. The standard InChI is InChI=1S/C20H23N5O2S/c1-14-6-5-9-24(11-14)20-23-18-17(28-20)19(27)25(13-22-18)12-16(26)21-10-15-7-3-2-4-8-15/h2-4,7-8,13-14H,5-6,9-12H2,1H3,(H,21,26)/t14-/m0/s1. The molecule has 0 bridgehead atoms. The van der Waals surface area contributed by atoms with Crippen LogP contribution in [0.5, 0.6) is 0 Å². The molecule has 3 heterocycles. The van der Waals surface area contributed by atoms with Crippen molar-refractivity contribution in [2.45, 2.75) is 32.9 Å². The van der Waals surface area contributed by atoms with Gasteiger partial charge in [-0.3, -0.25) is 14.2 Å². The van der Waals surface area contributed by atoms with Crippen LogP contribution in [0.3, 0.4) is 0 Å². The molecule has 28 heavy (non-hydrogen) atoms. The molecule has 0 aliphatic carbocycles. The van der Waals surface area contributed by atoms with Gasteiger partial charge in [-0.25, -0.2) is 4.98 Å². The summed E-state index contributed by atoms with van der Waals surface area (Å²) in [7, 11) is 0. The molecule has 1 atom stereocenters. The number of thiazole rings is 1. The van der Waals surface area contributed by atoms with Crippen molar-refractivity contribution >= 4 is 32.7 Å². The van der Waals surface area contributed by atoms with Crippen molar-refractivity contribution in [1.82, 2.24) is 19.9 Å². The quantitative estimate of drug-likeness (QED) is 0.715. The van der Waals surface area contributed by atoms with Crippen LogP contribution in [0.2, 0.25) is 0 Å². The van der Waals surface area contributed by atoms with Crippen LogP contribution < -0.4 is 15.8 Å². The number of rotatable bonds is 5. The highest BCUT2D eigenvalue weighted by Crippen LogP contribution is 2.28. The van der Waals surface area contributed by atoms with Gasteiger partial charge in [0.1, 0.15) is 17.6 Å². The Balaban J connectivity index is 1.48. The van der Waals surface area contributed by atoms with Crippen LogP contribution in [-0.2, 0) is 17.9 Å². The smallest absolute Gasteiger partial charge is 0.273 e. The van der Waals surface area contributed by atoms with Crippen LogP contribution >= 0.6 is 11.3 Å². The second kappa shape index (κ2) is 8.10. The number of hydrogen-bond acceptors (Lipinski definition) is 6. The first-order chi connectivity index (χ1) is 13.6. The van der Waals surface area contributed by atoms with Gasteiger partial charge in [0.2, 0.25) is 5.91 Å². The molecule has 1 amide bonds. The summed E-state index contributed by atoms with van der Waals surface area (Å²) in [6, 6.07) is 9.67. The Morgan fingerprint density at radius 1 is 1.32 bits per heavy atom. The fourth-order valence-electron chi connectivity index (χ4n) is 3.45. The average molecular weight is 398 g/mol. The number of piperidine rings is 1. The lowest BCUT2D eigenvalue weighted by Crippen LogP contribution is -2.34. The minimum Gasteiger partial charge on any atom is -0.350 e. The Morgan fingerprint density at radius 2 is 2.14 bits per heavy atom. The lowest BCUT2D eigenvalue weighted by atomic mass is 10.0. The van der Waals surface area contributed by atoms with E-state index < -0.39 is 0 Å². The first kappa shape index (κ1) is 18.6. The minimum atomic E-state index is -0.221. The van der Waals surface area contributed by atoms with Crippen molar-refractivity contribution in [1.29, 1.82) is 0 Å². The predicted molar refractivity (Wildman–Crippen MR) is 111 cm³/mol. The molecule has 1 aromatic carbocycles. The maximum absolute atomic E-state index is 12.8. The van der Waals surface area contributed by atoms with E-state index in [-0.39, 0.29) is 18.0 Å². The maximum Gasteiger partial charge on any atom is 0.273 e. The highest BCUT2D eigenvalue weighted by molar-refractivity contribution is 7.22. The van der Waals surface area contributed by atoms with Crippen LogP contribution in [0.15, 0.2) is 41.5 Å². The van der Waals surface area contributed by atoms with E-state index in [0.717, 1.165) is 30.2 Å². The molecule has 3 aromatic rings. The molecular weight excluding hydrogens is 374 g/mol. The van der Waals surface area contributed by atoms with Crippen molar-refractivity contribution in [3.05, 3.63) is 52.6 Å². The molecular formula is C20H23N5O2S. The van der Waals surface area contributed by atoms with Gasteiger partial charge in [0.15, 0.2) is 10.8 Å². The lowest BCUT2D eigenvalue weighted by molar-refractivity contribution is -0.121. The molecule has 4 rings (SSSR count). The molecule has 8 heteroatoms. The molecule has 146 valence electrons. The topological polar surface area (TPSA) is 80.1 Å². The van der Waals surface area contributed by atoms with E-state index in [4.69, 9.17) is 0 Å². The third-order valence-electron chi connectivity index (χ3n) is 4.95. The molecule has 1 fully saturated rings. The van der Waals surface area contributed by atoms with E-state index in [2.05, 4.69) is 27.1 Å². The number of aromatic nitrogens is 3. The highest BCUT2D eigenvalue weighted by Gasteiger charge is 2.21. The SMILES string of the molecule is C[C@H]1CCCN(c2nc3ncn(CC(=O)NCc4ccccc4)c(=O)c3s2)C1.